The van der Waals surface area contributed by atoms with Crippen molar-refractivity contribution in [1.29, 1.82) is 0 Å². The first-order valence-corrected chi connectivity index (χ1v) is 7.95. The molecule has 0 aromatic carbocycles. The van der Waals surface area contributed by atoms with Crippen molar-refractivity contribution >= 4 is 27.3 Å². The maximum absolute atomic E-state index is 5.74. The van der Waals surface area contributed by atoms with Crippen molar-refractivity contribution in [1.82, 2.24) is 5.32 Å². The third kappa shape index (κ3) is 6.55. The highest BCUT2D eigenvalue weighted by Crippen LogP contribution is 2.22. The zero-order chi connectivity index (χ0) is 12.7. The zero-order valence-corrected chi connectivity index (χ0v) is 13.1. The lowest BCUT2D eigenvalue weighted by atomic mass is 10.0. The minimum Gasteiger partial charge on any atom is -0.328 e. The van der Waals surface area contributed by atoms with E-state index in [0.29, 0.717) is 6.04 Å². The van der Waals surface area contributed by atoms with E-state index in [4.69, 9.17) is 5.73 Å². The lowest BCUT2D eigenvalue weighted by Gasteiger charge is -2.13. The van der Waals surface area contributed by atoms with Crippen molar-refractivity contribution in [2.45, 2.75) is 45.7 Å². The second-order valence-corrected chi connectivity index (χ2v) is 6.69. The van der Waals surface area contributed by atoms with E-state index in [1.807, 2.05) is 0 Å². The fourth-order valence-electron chi connectivity index (χ4n) is 1.77. The van der Waals surface area contributed by atoms with E-state index in [1.165, 1.54) is 22.2 Å². The van der Waals surface area contributed by atoms with E-state index < -0.39 is 0 Å². The standard InChI is InChI=1S/C13H23BrN2S/c1-10(4-3-5-11(2)15)8-16-9-13-12(14)6-7-17-13/h6-7,10-11,16H,3-5,8-9,15H2,1-2H3. The van der Waals surface area contributed by atoms with Crippen molar-refractivity contribution < 1.29 is 0 Å². The number of nitrogens with one attached hydrogen (secondary N) is 1. The average Bonchev–Trinajstić information content (AvgIpc) is 2.64. The number of halogens is 1. The molecular weight excluding hydrogens is 296 g/mol. The smallest absolute Gasteiger partial charge is 0.0327 e. The Morgan fingerprint density at radius 2 is 2.18 bits per heavy atom. The molecule has 0 aliphatic heterocycles. The highest BCUT2D eigenvalue weighted by Gasteiger charge is 2.04. The predicted octanol–water partition coefficient (Wildman–Crippen LogP) is 3.75. The van der Waals surface area contributed by atoms with E-state index in [1.54, 1.807) is 11.3 Å². The summed E-state index contributed by atoms with van der Waals surface area (Å²) in [5.74, 6) is 0.729. The maximum Gasteiger partial charge on any atom is 0.0327 e. The van der Waals surface area contributed by atoms with Gasteiger partial charge in [0, 0.05) is 21.9 Å². The van der Waals surface area contributed by atoms with Gasteiger partial charge in [-0.3, -0.25) is 0 Å². The van der Waals surface area contributed by atoms with Crippen LogP contribution in [-0.4, -0.2) is 12.6 Å². The minimum atomic E-state index is 0.345. The minimum absolute atomic E-state index is 0.345. The number of hydrogen-bond acceptors (Lipinski definition) is 3. The first kappa shape index (κ1) is 15.2. The van der Waals surface area contributed by atoms with Crippen molar-refractivity contribution in [2.75, 3.05) is 6.54 Å². The summed E-state index contributed by atoms with van der Waals surface area (Å²) < 4.78 is 1.22. The monoisotopic (exact) mass is 318 g/mol. The van der Waals surface area contributed by atoms with Gasteiger partial charge in [0.1, 0.15) is 0 Å². The van der Waals surface area contributed by atoms with Crippen LogP contribution in [0.25, 0.3) is 0 Å². The summed E-state index contributed by atoms with van der Waals surface area (Å²) in [6.07, 6.45) is 3.64. The summed E-state index contributed by atoms with van der Waals surface area (Å²) in [5.41, 5.74) is 5.74. The van der Waals surface area contributed by atoms with Gasteiger partial charge in [-0.25, -0.2) is 0 Å². The summed E-state index contributed by atoms with van der Waals surface area (Å²) >= 11 is 5.34. The van der Waals surface area contributed by atoms with Crippen molar-refractivity contribution in [3.63, 3.8) is 0 Å². The number of rotatable bonds is 8. The Hall–Kier alpha value is 0.100. The maximum atomic E-state index is 5.74. The normalized spacial score (nSPS) is 14.8. The van der Waals surface area contributed by atoms with Crippen molar-refractivity contribution in [3.05, 3.63) is 20.8 Å². The number of thiophene rings is 1. The molecule has 0 fully saturated rings. The van der Waals surface area contributed by atoms with Crippen molar-refractivity contribution in [2.24, 2.45) is 11.7 Å². The van der Waals surface area contributed by atoms with Gasteiger partial charge in [0.2, 0.25) is 0 Å². The van der Waals surface area contributed by atoms with Crippen LogP contribution >= 0.6 is 27.3 Å². The molecule has 0 aliphatic rings. The first-order valence-electron chi connectivity index (χ1n) is 6.27. The Kier molecular flexibility index (Phi) is 7.35. The summed E-state index contributed by atoms with van der Waals surface area (Å²) in [7, 11) is 0. The molecule has 1 heterocycles. The lowest BCUT2D eigenvalue weighted by molar-refractivity contribution is 0.449. The van der Waals surface area contributed by atoms with E-state index >= 15 is 0 Å². The SMILES string of the molecule is CC(N)CCCC(C)CNCc1sccc1Br. The Bertz CT molecular complexity index is 312. The van der Waals surface area contributed by atoms with Gasteiger partial charge in [-0.15, -0.1) is 11.3 Å². The lowest BCUT2D eigenvalue weighted by Crippen LogP contribution is -2.21. The van der Waals surface area contributed by atoms with Crippen LogP contribution in [0.3, 0.4) is 0 Å². The van der Waals surface area contributed by atoms with Crippen LogP contribution in [-0.2, 0) is 6.54 Å². The molecule has 2 nitrogen and oxygen atoms in total. The first-order chi connectivity index (χ1) is 8.09. The third-order valence-corrected chi connectivity index (χ3v) is 4.75. The fraction of sp³-hybridized carbons (Fsp3) is 0.692. The molecule has 0 amide bonds. The van der Waals surface area contributed by atoms with Gasteiger partial charge < -0.3 is 11.1 Å². The molecule has 0 saturated carbocycles. The fourth-order valence-corrected chi connectivity index (χ4v) is 3.24. The molecule has 0 spiro atoms. The van der Waals surface area contributed by atoms with Crippen molar-refractivity contribution in [3.8, 4) is 0 Å². The van der Waals surface area contributed by atoms with Crippen LogP contribution in [0.4, 0.5) is 0 Å². The third-order valence-electron chi connectivity index (χ3n) is 2.83. The molecular formula is C13H23BrN2S. The topological polar surface area (TPSA) is 38.0 Å². The molecule has 2 atom stereocenters. The summed E-state index contributed by atoms with van der Waals surface area (Å²) in [6.45, 7) is 6.44. The summed E-state index contributed by atoms with van der Waals surface area (Å²) in [4.78, 5) is 1.38. The molecule has 2 unspecified atom stereocenters. The van der Waals surface area contributed by atoms with Crippen LogP contribution in [0.1, 0.15) is 38.0 Å². The van der Waals surface area contributed by atoms with Gasteiger partial charge in [-0.05, 0) is 59.6 Å². The van der Waals surface area contributed by atoms with Gasteiger partial charge in [0.15, 0.2) is 0 Å². The van der Waals surface area contributed by atoms with E-state index in [2.05, 4.69) is 46.5 Å². The molecule has 3 N–H and O–H groups in total. The van der Waals surface area contributed by atoms with Gasteiger partial charge in [0.25, 0.3) is 0 Å². The second-order valence-electron chi connectivity index (χ2n) is 4.84. The van der Waals surface area contributed by atoms with Gasteiger partial charge in [-0.1, -0.05) is 13.3 Å². The average molecular weight is 319 g/mol. The molecule has 1 aromatic rings. The molecule has 4 heteroatoms. The van der Waals surface area contributed by atoms with Crippen LogP contribution in [0, 0.1) is 5.92 Å². The second kappa shape index (κ2) is 8.25. The largest absolute Gasteiger partial charge is 0.328 e. The Morgan fingerprint density at radius 1 is 1.41 bits per heavy atom. The van der Waals surface area contributed by atoms with Crippen LogP contribution in [0.2, 0.25) is 0 Å². The Morgan fingerprint density at radius 3 is 2.76 bits per heavy atom. The predicted molar refractivity (Wildman–Crippen MR) is 80.4 cm³/mol. The Balaban J connectivity index is 2.08. The molecule has 0 radical (unpaired) electrons. The van der Waals surface area contributed by atoms with Gasteiger partial charge in [0.05, 0.1) is 0 Å². The molecule has 0 saturated heterocycles. The number of hydrogen-bond donors (Lipinski definition) is 2. The van der Waals surface area contributed by atoms with Gasteiger partial charge in [-0.2, -0.15) is 0 Å². The van der Waals surface area contributed by atoms with Gasteiger partial charge >= 0.3 is 0 Å². The van der Waals surface area contributed by atoms with E-state index in [0.717, 1.165) is 25.4 Å². The molecule has 17 heavy (non-hydrogen) atoms. The van der Waals surface area contributed by atoms with Crippen LogP contribution in [0.15, 0.2) is 15.9 Å². The quantitative estimate of drug-likeness (QED) is 0.766. The molecule has 1 rings (SSSR count). The molecule has 0 aliphatic carbocycles. The van der Waals surface area contributed by atoms with Crippen LogP contribution in [0.5, 0.6) is 0 Å². The molecule has 0 bridgehead atoms. The van der Waals surface area contributed by atoms with E-state index in [-0.39, 0.29) is 0 Å². The Labute approximate surface area is 117 Å². The summed E-state index contributed by atoms with van der Waals surface area (Å²) in [5, 5.41) is 5.63. The van der Waals surface area contributed by atoms with E-state index in [9.17, 15) is 0 Å². The highest BCUT2D eigenvalue weighted by atomic mass is 79.9. The molecule has 98 valence electrons. The zero-order valence-electron chi connectivity index (χ0n) is 10.7. The molecule has 1 aromatic heterocycles. The van der Waals surface area contributed by atoms with Crippen LogP contribution < -0.4 is 11.1 Å². The summed E-state index contributed by atoms with van der Waals surface area (Å²) in [6, 6.07) is 2.45. The highest BCUT2D eigenvalue weighted by molar-refractivity contribution is 9.10. The number of nitrogens with two attached hydrogens (primary N) is 1.